The number of guanidine groups is 1. The molecule has 1 aliphatic heterocycles. The maximum atomic E-state index is 4.60. The largest absolute Gasteiger partial charge is 0.354 e. The van der Waals surface area contributed by atoms with Crippen molar-refractivity contribution in [2.75, 3.05) is 45.2 Å². The first-order valence-corrected chi connectivity index (χ1v) is 7.94. The third-order valence-electron chi connectivity index (χ3n) is 3.77. The Kier molecular flexibility index (Phi) is 8.60. The molecule has 0 saturated carbocycles. The molecule has 1 fully saturated rings. The lowest BCUT2D eigenvalue weighted by molar-refractivity contribution is 0.312. The van der Waals surface area contributed by atoms with E-state index < -0.39 is 0 Å². The molecule has 0 amide bonds. The van der Waals surface area contributed by atoms with Crippen molar-refractivity contribution in [1.82, 2.24) is 20.5 Å². The molecule has 0 aromatic carbocycles. The van der Waals surface area contributed by atoms with Crippen LogP contribution < -0.4 is 15.5 Å². The molecule has 2 rings (SSSR count). The van der Waals surface area contributed by atoms with Crippen molar-refractivity contribution < 1.29 is 0 Å². The van der Waals surface area contributed by atoms with Crippen LogP contribution in [-0.4, -0.2) is 62.2 Å². The van der Waals surface area contributed by atoms with Gasteiger partial charge >= 0.3 is 0 Å². The van der Waals surface area contributed by atoms with Crippen LogP contribution in [0.15, 0.2) is 23.3 Å². The summed E-state index contributed by atoms with van der Waals surface area (Å²) in [5.74, 6) is 1.91. The maximum absolute atomic E-state index is 4.60. The Bertz CT molecular complexity index is 497. The van der Waals surface area contributed by atoms with Crippen LogP contribution in [0.1, 0.15) is 19.4 Å². The second-order valence-electron chi connectivity index (χ2n) is 6.00. The second-order valence-corrected chi connectivity index (χ2v) is 6.00. The summed E-state index contributed by atoms with van der Waals surface area (Å²) in [7, 11) is 3.96. The van der Waals surface area contributed by atoms with Crippen LogP contribution >= 0.6 is 24.0 Å². The van der Waals surface area contributed by atoms with E-state index >= 15 is 0 Å². The number of hydrogen-bond acceptors (Lipinski definition) is 4. The number of aromatic nitrogens is 1. The number of pyridine rings is 1. The smallest absolute Gasteiger partial charge is 0.191 e. The molecular formula is C16H29IN6. The number of anilines is 1. The average Bonchev–Trinajstić information content (AvgIpc) is 2.52. The molecular weight excluding hydrogens is 403 g/mol. The molecule has 1 saturated heterocycles. The third kappa shape index (κ3) is 6.14. The van der Waals surface area contributed by atoms with Crippen molar-refractivity contribution in [3.05, 3.63) is 23.9 Å². The zero-order valence-corrected chi connectivity index (χ0v) is 16.9. The normalized spacial score (nSPS) is 16.2. The maximum Gasteiger partial charge on any atom is 0.191 e. The Labute approximate surface area is 156 Å². The Hall–Kier alpha value is -1.09. The molecule has 1 aromatic heterocycles. The number of rotatable bonds is 4. The molecule has 2 heterocycles. The number of likely N-dealkylation sites (N-methyl/N-ethyl adjacent to an activating group) is 1. The molecule has 0 bridgehead atoms. The van der Waals surface area contributed by atoms with E-state index in [9.17, 15) is 0 Å². The van der Waals surface area contributed by atoms with Gasteiger partial charge in [0, 0.05) is 57.6 Å². The average molecular weight is 432 g/mol. The number of nitrogens with zero attached hydrogens (tertiary/aromatic N) is 4. The first-order valence-electron chi connectivity index (χ1n) is 7.94. The third-order valence-corrected chi connectivity index (χ3v) is 3.77. The van der Waals surface area contributed by atoms with Crippen molar-refractivity contribution in [3.8, 4) is 0 Å². The molecule has 0 unspecified atom stereocenters. The van der Waals surface area contributed by atoms with E-state index in [2.05, 4.69) is 57.4 Å². The van der Waals surface area contributed by atoms with Crippen LogP contribution in [0, 0.1) is 0 Å². The van der Waals surface area contributed by atoms with E-state index in [1.807, 2.05) is 12.3 Å². The molecule has 23 heavy (non-hydrogen) atoms. The topological polar surface area (TPSA) is 55.8 Å². The molecule has 1 aliphatic rings. The van der Waals surface area contributed by atoms with Crippen LogP contribution in [0.3, 0.4) is 0 Å². The first-order chi connectivity index (χ1) is 10.6. The molecule has 2 N–H and O–H groups in total. The van der Waals surface area contributed by atoms with Gasteiger partial charge in [0.15, 0.2) is 5.96 Å². The Morgan fingerprint density at radius 3 is 2.61 bits per heavy atom. The Morgan fingerprint density at radius 2 is 2.00 bits per heavy atom. The van der Waals surface area contributed by atoms with Gasteiger partial charge in [0.25, 0.3) is 0 Å². The highest BCUT2D eigenvalue weighted by molar-refractivity contribution is 14.0. The summed E-state index contributed by atoms with van der Waals surface area (Å²) in [5, 5.41) is 6.67. The minimum atomic E-state index is 0. The van der Waals surface area contributed by atoms with E-state index in [0.29, 0.717) is 6.04 Å². The minimum Gasteiger partial charge on any atom is -0.354 e. The van der Waals surface area contributed by atoms with Gasteiger partial charge in [0.2, 0.25) is 0 Å². The lowest BCUT2D eigenvalue weighted by Crippen LogP contribution is -2.45. The van der Waals surface area contributed by atoms with Gasteiger partial charge in [0.05, 0.1) is 0 Å². The van der Waals surface area contributed by atoms with Gasteiger partial charge < -0.3 is 20.4 Å². The fraction of sp³-hybridized carbons (Fsp3) is 0.625. The van der Waals surface area contributed by atoms with Crippen LogP contribution in [0.5, 0.6) is 0 Å². The summed E-state index contributed by atoms with van der Waals surface area (Å²) in [5.41, 5.74) is 1.21. The van der Waals surface area contributed by atoms with Crippen molar-refractivity contribution in [2.45, 2.75) is 26.4 Å². The number of piperazine rings is 1. The highest BCUT2D eigenvalue weighted by atomic mass is 127. The van der Waals surface area contributed by atoms with Crippen LogP contribution in [-0.2, 0) is 6.54 Å². The van der Waals surface area contributed by atoms with E-state index in [4.69, 9.17) is 0 Å². The molecule has 130 valence electrons. The molecule has 1 aromatic rings. The predicted molar refractivity (Wildman–Crippen MR) is 108 cm³/mol. The zero-order valence-electron chi connectivity index (χ0n) is 14.5. The van der Waals surface area contributed by atoms with Crippen LogP contribution in [0.2, 0.25) is 0 Å². The van der Waals surface area contributed by atoms with Gasteiger partial charge in [-0.05, 0) is 27.0 Å². The van der Waals surface area contributed by atoms with E-state index in [1.54, 1.807) is 7.05 Å². The fourth-order valence-corrected chi connectivity index (χ4v) is 2.52. The Morgan fingerprint density at radius 1 is 1.30 bits per heavy atom. The summed E-state index contributed by atoms with van der Waals surface area (Å²) in [6, 6.07) is 4.49. The fourth-order valence-electron chi connectivity index (χ4n) is 2.52. The highest BCUT2D eigenvalue weighted by Gasteiger charge is 2.17. The van der Waals surface area contributed by atoms with E-state index in [0.717, 1.165) is 44.5 Å². The van der Waals surface area contributed by atoms with Crippen molar-refractivity contribution in [3.63, 3.8) is 0 Å². The Balaban J connectivity index is 0.00000264. The molecule has 0 spiro atoms. The lowest BCUT2D eigenvalue weighted by atomic mass is 10.2. The molecule has 0 atom stereocenters. The molecule has 0 radical (unpaired) electrons. The summed E-state index contributed by atoms with van der Waals surface area (Å²) >= 11 is 0. The van der Waals surface area contributed by atoms with Crippen molar-refractivity contribution in [1.29, 1.82) is 0 Å². The quantitative estimate of drug-likeness (QED) is 0.430. The molecule has 6 nitrogen and oxygen atoms in total. The van der Waals surface area contributed by atoms with Gasteiger partial charge in [-0.1, -0.05) is 6.07 Å². The highest BCUT2D eigenvalue weighted by Crippen LogP contribution is 2.18. The summed E-state index contributed by atoms with van der Waals surface area (Å²) < 4.78 is 0. The molecule has 7 heteroatoms. The van der Waals surface area contributed by atoms with Crippen LogP contribution in [0.25, 0.3) is 0 Å². The molecule has 0 aliphatic carbocycles. The van der Waals surface area contributed by atoms with E-state index in [-0.39, 0.29) is 24.0 Å². The van der Waals surface area contributed by atoms with Crippen molar-refractivity contribution in [2.24, 2.45) is 4.99 Å². The van der Waals surface area contributed by atoms with Gasteiger partial charge in [-0.2, -0.15) is 0 Å². The van der Waals surface area contributed by atoms with Crippen LogP contribution in [0.4, 0.5) is 5.82 Å². The lowest BCUT2D eigenvalue weighted by Gasteiger charge is -2.34. The second kappa shape index (κ2) is 9.92. The predicted octanol–water partition coefficient (Wildman–Crippen LogP) is 1.52. The number of nitrogens with one attached hydrogen (secondary N) is 2. The van der Waals surface area contributed by atoms with Gasteiger partial charge in [0.1, 0.15) is 5.82 Å². The number of hydrogen-bond donors (Lipinski definition) is 2. The van der Waals surface area contributed by atoms with Gasteiger partial charge in [-0.25, -0.2) is 4.98 Å². The monoisotopic (exact) mass is 432 g/mol. The first kappa shape index (κ1) is 20.0. The van der Waals surface area contributed by atoms with Crippen molar-refractivity contribution >= 4 is 35.8 Å². The zero-order chi connectivity index (χ0) is 15.9. The van der Waals surface area contributed by atoms with E-state index in [1.165, 1.54) is 5.56 Å². The van der Waals surface area contributed by atoms with Gasteiger partial charge in [-0.15, -0.1) is 24.0 Å². The minimum absolute atomic E-state index is 0. The SMILES string of the molecule is CN=C(NCc1cccnc1N1CCN(C)CC1)NC(C)C.I. The number of halogens is 1. The standard InChI is InChI=1S/C16H28N6.HI/c1-13(2)20-16(17-3)19-12-14-6-5-7-18-15(14)22-10-8-21(4)9-11-22;/h5-7,13H,8-12H2,1-4H3,(H2,17,19,20);1H. The number of aliphatic imine (C=N–C) groups is 1. The summed E-state index contributed by atoms with van der Waals surface area (Å²) in [4.78, 5) is 13.6. The van der Waals surface area contributed by atoms with Gasteiger partial charge in [-0.3, -0.25) is 4.99 Å². The summed E-state index contributed by atoms with van der Waals surface area (Å²) in [6.45, 7) is 9.15. The summed E-state index contributed by atoms with van der Waals surface area (Å²) in [6.07, 6.45) is 1.87.